The Hall–Kier alpha value is -2.36. The van der Waals surface area contributed by atoms with Crippen molar-refractivity contribution < 1.29 is 9.18 Å². The zero-order chi connectivity index (χ0) is 17.3. The summed E-state index contributed by atoms with van der Waals surface area (Å²) in [6.45, 7) is 6.60. The van der Waals surface area contributed by atoms with Gasteiger partial charge in [0.25, 0.3) is 0 Å². The predicted octanol–water partition coefficient (Wildman–Crippen LogP) is 4.60. The summed E-state index contributed by atoms with van der Waals surface area (Å²) in [6.07, 6.45) is 2.03. The Morgan fingerprint density at radius 2 is 1.67 bits per heavy atom. The molecule has 2 aromatic rings. The molecular formula is C20H23FN2O. The number of nitrogens with one attached hydrogen (secondary N) is 2. The minimum absolute atomic E-state index is 0.0393. The van der Waals surface area contributed by atoms with Crippen molar-refractivity contribution in [2.24, 2.45) is 0 Å². The van der Waals surface area contributed by atoms with E-state index in [2.05, 4.69) is 22.8 Å². The van der Waals surface area contributed by atoms with Gasteiger partial charge in [-0.15, -0.1) is 0 Å². The van der Waals surface area contributed by atoms with Gasteiger partial charge in [0.1, 0.15) is 5.82 Å². The number of hydrogen-bond acceptors (Lipinski definition) is 1. The average molecular weight is 326 g/mol. The summed E-state index contributed by atoms with van der Waals surface area (Å²) in [7, 11) is 0. The Labute approximate surface area is 142 Å². The molecule has 0 bridgehead atoms. The number of amides is 2. The van der Waals surface area contributed by atoms with Crippen LogP contribution in [0.3, 0.4) is 0 Å². The number of halogens is 1. The number of rotatable bonds is 4. The minimum atomic E-state index is -0.231. The molecule has 1 fully saturated rings. The van der Waals surface area contributed by atoms with E-state index in [1.54, 1.807) is 0 Å². The number of anilines is 1. The fourth-order valence-corrected chi connectivity index (χ4v) is 3.31. The molecule has 2 N–H and O–H groups in total. The molecule has 0 aromatic heterocycles. The highest BCUT2D eigenvalue weighted by atomic mass is 19.1. The van der Waals surface area contributed by atoms with Crippen molar-refractivity contribution in [2.45, 2.75) is 39.0 Å². The normalized spacial score (nSPS) is 15.0. The molecule has 0 unspecified atom stereocenters. The van der Waals surface area contributed by atoms with Crippen LogP contribution in [-0.2, 0) is 5.41 Å². The molecule has 24 heavy (non-hydrogen) atoms. The Bertz CT molecular complexity index is 741. The van der Waals surface area contributed by atoms with E-state index in [1.807, 2.05) is 32.9 Å². The lowest BCUT2D eigenvalue weighted by Gasteiger charge is -2.18. The molecule has 3 nitrogen and oxygen atoms in total. The third kappa shape index (κ3) is 3.42. The highest BCUT2D eigenvalue weighted by molar-refractivity contribution is 5.91. The van der Waals surface area contributed by atoms with Gasteiger partial charge >= 0.3 is 6.03 Å². The molecule has 3 rings (SSSR count). The Morgan fingerprint density at radius 1 is 1.08 bits per heavy atom. The van der Waals surface area contributed by atoms with E-state index < -0.39 is 0 Å². The van der Waals surface area contributed by atoms with Gasteiger partial charge in [0.05, 0.1) is 0 Å². The Morgan fingerprint density at radius 3 is 2.21 bits per heavy atom. The minimum Gasteiger partial charge on any atom is -0.337 e. The zero-order valence-electron chi connectivity index (χ0n) is 14.4. The van der Waals surface area contributed by atoms with Gasteiger partial charge in [-0.1, -0.05) is 29.8 Å². The molecule has 0 spiro atoms. The van der Waals surface area contributed by atoms with Crippen LogP contribution < -0.4 is 10.6 Å². The van der Waals surface area contributed by atoms with E-state index in [1.165, 1.54) is 17.7 Å². The maximum absolute atomic E-state index is 13.1. The third-order valence-electron chi connectivity index (χ3n) is 4.81. The van der Waals surface area contributed by atoms with Gasteiger partial charge in [0.15, 0.2) is 0 Å². The van der Waals surface area contributed by atoms with Crippen molar-refractivity contribution in [3.8, 4) is 0 Å². The second kappa shape index (κ2) is 6.27. The number of carbonyl (C=O) groups excluding carboxylic acids is 1. The summed E-state index contributed by atoms with van der Waals surface area (Å²) in [5.41, 5.74) is 5.22. The SMILES string of the molecule is Cc1cc(C)c(NC(=O)NCC2(c3ccc(F)cc3)CC2)c(C)c1. The largest absolute Gasteiger partial charge is 0.337 e. The van der Waals surface area contributed by atoms with Crippen molar-refractivity contribution in [3.63, 3.8) is 0 Å². The van der Waals surface area contributed by atoms with Gasteiger partial charge < -0.3 is 10.6 Å². The van der Waals surface area contributed by atoms with Gasteiger partial charge in [-0.05, 0) is 62.4 Å². The molecule has 0 atom stereocenters. The molecule has 4 heteroatoms. The summed E-state index contributed by atoms with van der Waals surface area (Å²) in [5, 5.41) is 5.93. The molecule has 0 radical (unpaired) electrons. The second-order valence-corrected chi connectivity index (χ2v) is 6.87. The van der Waals surface area contributed by atoms with Crippen LogP contribution in [-0.4, -0.2) is 12.6 Å². The fourth-order valence-electron chi connectivity index (χ4n) is 3.31. The van der Waals surface area contributed by atoms with Crippen LogP contribution in [0.2, 0.25) is 0 Å². The summed E-state index contributed by atoms with van der Waals surface area (Å²) in [6, 6.07) is 10.5. The average Bonchev–Trinajstić information content (AvgIpc) is 3.31. The van der Waals surface area contributed by atoms with E-state index >= 15 is 0 Å². The van der Waals surface area contributed by atoms with Crippen molar-refractivity contribution in [2.75, 3.05) is 11.9 Å². The molecule has 1 saturated carbocycles. The van der Waals surface area contributed by atoms with Gasteiger partial charge in [-0.2, -0.15) is 0 Å². The maximum atomic E-state index is 13.1. The predicted molar refractivity (Wildman–Crippen MR) is 95.0 cm³/mol. The maximum Gasteiger partial charge on any atom is 0.319 e. The van der Waals surface area contributed by atoms with Gasteiger partial charge in [-0.3, -0.25) is 0 Å². The quantitative estimate of drug-likeness (QED) is 0.847. The summed E-state index contributed by atoms with van der Waals surface area (Å²) in [4.78, 5) is 12.3. The highest BCUT2D eigenvalue weighted by Crippen LogP contribution is 2.47. The fraction of sp³-hybridized carbons (Fsp3) is 0.350. The van der Waals surface area contributed by atoms with E-state index in [0.29, 0.717) is 6.54 Å². The smallest absolute Gasteiger partial charge is 0.319 e. The molecule has 1 aliphatic rings. The summed E-state index contributed by atoms with van der Waals surface area (Å²) in [5.74, 6) is -0.231. The molecule has 1 aliphatic carbocycles. The highest BCUT2D eigenvalue weighted by Gasteiger charge is 2.44. The monoisotopic (exact) mass is 326 g/mol. The zero-order valence-corrected chi connectivity index (χ0v) is 14.4. The number of aryl methyl sites for hydroxylation is 3. The van der Waals surface area contributed by atoms with Gasteiger partial charge in [-0.25, -0.2) is 9.18 Å². The Kier molecular flexibility index (Phi) is 4.31. The van der Waals surface area contributed by atoms with Crippen molar-refractivity contribution in [3.05, 3.63) is 64.5 Å². The third-order valence-corrected chi connectivity index (χ3v) is 4.81. The first kappa shape index (κ1) is 16.5. The summed E-state index contributed by atoms with van der Waals surface area (Å²) >= 11 is 0. The molecule has 0 aliphatic heterocycles. The van der Waals surface area contributed by atoms with E-state index in [4.69, 9.17) is 0 Å². The first-order chi connectivity index (χ1) is 11.4. The molecule has 2 aromatic carbocycles. The molecule has 126 valence electrons. The van der Waals surface area contributed by atoms with Crippen LogP contribution in [0.4, 0.5) is 14.9 Å². The molecule has 0 saturated heterocycles. The molecular weight excluding hydrogens is 303 g/mol. The van der Waals surface area contributed by atoms with Gasteiger partial charge in [0, 0.05) is 17.6 Å². The lowest BCUT2D eigenvalue weighted by Crippen LogP contribution is -2.35. The van der Waals surface area contributed by atoms with Crippen molar-refractivity contribution in [1.82, 2.24) is 5.32 Å². The van der Waals surface area contributed by atoms with Crippen LogP contribution in [0.15, 0.2) is 36.4 Å². The summed E-state index contributed by atoms with van der Waals surface area (Å²) < 4.78 is 13.1. The lowest BCUT2D eigenvalue weighted by molar-refractivity contribution is 0.251. The number of benzene rings is 2. The van der Waals surface area contributed by atoms with E-state index in [-0.39, 0.29) is 17.3 Å². The molecule has 0 heterocycles. The first-order valence-electron chi connectivity index (χ1n) is 8.28. The standard InChI is InChI=1S/C20H23FN2O/c1-13-10-14(2)18(15(3)11-13)23-19(24)22-12-20(8-9-20)16-4-6-17(21)7-5-16/h4-7,10-11H,8-9,12H2,1-3H3,(H2,22,23,24). The van der Waals surface area contributed by atoms with Crippen LogP contribution in [0.5, 0.6) is 0 Å². The van der Waals surface area contributed by atoms with Crippen molar-refractivity contribution >= 4 is 11.7 Å². The van der Waals surface area contributed by atoms with E-state index in [9.17, 15) is 9.18 Å². The van der Waals surface area contributed by atoms with Crippen LogP contribution in [0.25, 0.3) is 0 Å². The number of hydrogen-bond donors (Lipinski definition) is 2. The number of carbonyl (C=O) groups is 1. The lowest BCUT2D eigenvalue weighted by atomic mass is 9.96. The Balaban J connectivity index is 1.63. The van der Waals surface area contributed by atoms with Crippen LogP contribution >= 0.6 is 0 Å². The van der Waals surface area contributed by atoms with Crippen molar-refractivity contribution in [1.29, 1.82) is 0 Å². The topological polar surface area (TPSA) is 41.1 Å². The van der Waals surface area contributed by atoms with Crippen LogP contribution in [0, 0.1) is 26.6 Å². The van der Waals surface area contributed by atoms with Crippen LogP contribution in [0.1, 0.15) is 35.1 Å². The van der Waals surface area contributed by atoms with E-state index in [0.717, 1.165) is 35.2 Å². The van der Waals surface area contributed by atoms with Gasteiger partial charge in [0.2, 0.25) is 0 Å². The second-order valence-electron chi connectivity index (χ2n) is 6.87. The first-order valence-corrected chi connectivity index (χ1v) is 8.28. The molecule has 2 amide bonds. The number of urea groups is 1.